The molecule has 1 fully saturated rings. The molecule has 1 saturated heterocycles. The van der Waals surface area contributed by atoms with Crippen LogP contribution in [-0.2, 0) is 17.8 Å². The smallest absolute Gasteiger partial charge is 0.241 e. The maximum atomic E-state index is 13.0. The van der Waals surface area contributed by atoms with Gasteiger partial charge in [0.05, 0.1) is 12.5 Å². The van der Waals surface area contributed by atoms with Gasteiger partial charge in [-0.3, -0.25) is 9.69 Å². The first kappa shape index (κ1) is 22.1. The number of aromatic nitrogens is 2. The van der Waals surface area contributed by atoms with Gasteiger partial charge in [0.1, 0.15) is 5.82 Å². The summed E-state index contributed by atoms with van der Waals surface area (Å²) in [7, 11) is 0. The summed E-state index contributed by atoms with van der Waals surface area (Å²) in [5.41, 5.74) is 3.17. The van der Waals surface area contributed by atoms with Crippen LogP contribution in [0.5, 0.6) is 0 Å². The van der Waals surface area contributed by atoms with Crippen molar-refractivity contribution in [1.29, 1.82) is 0 Å². The highest BCUT2D eigenvalue weighted by Crippen LogP contribution is 2.21. The molecular weight excluding hydrogens is 407 g/mol. The van der Waals surface area contributed by atoms with Gasteiger partial charge in [0, 0.05) is 18.7 Å². The molecular formula is C25H29FN4O2. The zero-order chi connectivity index (χ0) is 22.3. The molecule has 0 aliphatic carbocycles. The summed E-state index contributed by atoms with van der Waals surface area (Å²) < 4.78 is 18.4. The summed E-state index contributed by atoms with van der Waals surface area (Å²) in [5.74, 6) is 1.00. The molecule has 1 atom stereocenters. The van der Waals surface area contributed by atoms with E-state index in [0.717, 1.165) is 48.9 Å². The van der Waals surface area contributed by atoms with Crippen LogP contribution in [0.25, 0.3) is 11.4 Å². The van der Waals surface area contributed by atoms with E-state index < -0.39 is 0 Å². The Bertz CT molecular complexity index is 1030. The van der Waals surface area contributed by atoms with Crippen LogP contribution in [-0.4, -0.2) is 40.6 Å². The lowest BCUT2D eigenvalue weighted by Gasteiger charge is -2.30. The molecule has 3 aromatic rings. The zero-order valence-corrected chi connectivity index (χ0v) is 18.4. The number of carbonyl (C=O) groups excluding carboxylic acids is 1. The number of hydrogen-bond donors (Lipinski definition) is 1. The number of nitrogens with zero attached hydrogens (tertiary/aromatic N) is 3. The molecule has 1 aromatic heterocycles. The van der Waals surface area contributed by atoms with Crippen molar-refractivity contribution in [3.8, 4) is 11.4 Å². The Labute approximate surface area is 187 Å². The normalized spacial score (nSPS) is 16.8. The molecule has 6 nitrogen and oxygen atoms in total. The van der Waals surface area contributed by atoms with Gasteiger partial charge < -0.3 is 9.84 Å². The Morgan fingerprint density at radius 1 is 1.25 bits per heavy atom. The monoisotopic (exact) mass is 436 g/mol. The van der Waals surface area contributed by atoms with Crippen LogP contribution in [0.1, 0.15) is 36.3 Å². The van der Waals surface area contributed by atoms with Gasteiger partial charge in [-0.1, -0.05) is 41.1 Å². The van der Waals surface area contributed by atoms with Crippen molar-refractivity contribution < 1.29 is 13.7 Å². The maximum absolute atomic E-state index is 13.0. The molecule has 2 aromatic carbocycles. The predicted octanol–water partition coefficient (Wildman–Crippen LogP) is 4.15. The van der Waals surface area contributed by atoms with Crippen LogP contribution < -0.4 is 5.32 Å². The largest absolute Gasteiger partial charge is 0.356 e. The Morgan fingerprint density at radius 2 is 2.09 bits per heavy atom. The first-order chi connectivity index (χ1) is 15.6. The van der Waals surface area contributed by atoms with Crippen LogP contribution in [0.3, 0.4) is 0 Å². The van der Waals surface area contributed by atoms with Gasteiger partial charge in [0.2, 0.25) is 17.6 Å². The minimum absolute atomic E-state index is 0.0336. The van der Waals surface area contributed by atoms with E-state index in [1.54, 1.807) is 12.1 Å². The van der Waals surface area contributed by atoms with Gasteiger partial charge in [-0.25, -0.2) is 4.39 Å². The number of piperidine rings is 1. The van der Waals surface area contributed by atoms with Gasteiger partial charge >= 0.3 is 0 Å². The molecule has 7 heteroatoms. The topological polar surface area (TPSA) is 71.3 Å². The number of halogens is 1. The van der Waals surface area contributed by atoms with Crippen molar-refractivity contribution in [2.75, 3.05) is 19.6 Å². The number of aryl methyl sites for hydroxylation is 2. The van der Waals surface area contributed by atoms with E-state index in [9.17, 15) is 9.18 Å². The van der Waals surface area contributed by atoms with Gasteiger partial charge in [0.25, 0.3) is 0 Å². The summed E-state index contributed by atoms with van der Waals surface area (Å²) in [5, 5.41) is 7.17. The quantitative estimate of drug-likeness (QED) is 0.537. The third-order valence-electron chi connectivity index (χ3n) is 5.83. The molecule has 2 heterocycles. The standard InChI is InChI=1S/C25H29FN4O2/c1-18-5-2-7-20(15-18)24-28-23(32-29-24)17-30-14-4-8-21(16-30)25(31)27-13-3-6-19-9-11-22(26)12-10-19/h2,5,7,9-12,15,21H,3-4,6,8,13-14,16-17H2,1H3,(H,27,31). The Hall–Kier alpha value is -3.06. The van der Waals surface area contributed by atoms with E-state index in [0.29, 0.717) is 31.3 Å². The van der Waals surface area contributed by atoms with Crippen molar-refractivity contribution in [2.24, 2.45) is 5.92 Å². The molecule has 32 heavy (non-hydrogen) atoms. The fourth-order valence-corrected chi connectivity index (χ4v) is 4.12. The van der Waals surface area contributed by atoms with E-state index in [1.165, 1.54) is 12.1 Å². The van der Waals surface area contributed by atoms with Crippen molar-refractivity contribution in [3.05, 3.63) is 71.4 Å². The van der Waals surface area contributed by atoms with Crippen LogP contribution >= 0.6 is 0 Å². The SMILES string of the molecule is Cc1cccc(-c2noc(CN3CCCC(C(=O)NCCCc4ccc(F)cc4)C3)n2)c1. The first-order valence-corrected chi connectivity index (χ1v) is 11.2. The second-order valence-electron chi connectivity index (χ2n) is 8.48. The van der Waals surface area contributed by atoms with Crippen LogP contribution in [0.15, 0.2) is 53.1 Å². The highest BCUT2D eigenvalue weighted by Gasteiger charge is 2.26. The number of rotatable bonds is 8. The van der Waals surface area contributed by atoms with Gasteiger partial charge in [-0.15, -0.1) is 0 Å². The predicted molar refractivity (Wildman–Crippen MR) is 120 cm³/mol. The number of nitrogens with one attached hydrogen (secondary N) is 1. The highest BCUT2D eigenvalue weighted by molar-refractivity contribution is 5.78. The van der Waals surface area contributed by atoms with E-state index in [2.05, 4.69) is 20.4 Å². The number of benzene rings is 2. The lowest BCUT2D eigenvalue weighted by atomic mass is 9.97. The fraction of sp³-hybridized carbons (Fsp3) is 0.400. The molecule has 168 valence electrons. The third kappa shape index (κ3) is 6.01. The fourth-order valence-electron chi connectivity index (χ4n) is 4.12. The molecule has 0 bridgehead atoms. The molecule has 1 unspecified atom stereocenters. The van der Waals surface area contributed by atoms with Gasteiger partial charge in [0.15, 0.2) is 0 Å². The van der Waals surface area contributed by atoms with Gasteiger partial charge in [-0.2, -0.15) is 4.98 Å². The van der Waals surface area contributed by atoms with Gasteiger partial charge in [-0.05, 0) is 62.9 Å². The molecule has 1 N–H and O–H groups in total. The minimum atomic E-state index is -0.226. The van der Waals surface area contributed by atoms with Crippen LogP contribution in [0.2, 0.25) is 0 Å². The Balaban J connectivity index is 1.23. The molecule has 0 spiro atoms. The lowest BCUT2D eigenvalue weighted by molar-refractivity contribution is -0.126. The van der Waals surface area contributed by atoms with Crippen LogP contribution in [0, 0.1) is 18.7 Å². The van der Waals surface area contributed by atoms with Crippen molar-refractivity contribution >= 4 is 5.91 Å². The van der Waals surface area contributed by atoms with Crippen molar-refractivity contribution in [3.63, 3.8) is 0 Å². The lowest BCUT2D eigenvalue weighted by Crippen LogP contribution is -2.43. The Kier molecular flexibility index (Phi) is 7.27. The number of likely N-dealkylation sites (tertiary alicyclic amines) is 1. The number of carbonyl (C=O) groups is 1. The van der Waals surface area contributed by atoms with E-state index >= 15 is 0 Å². The highest BCUT2D eigenvalue weighted by atomic mass is 19.1. The van der Waals surface area contributed by atoms with Crippen LogP contribution in [0.4, 0.5) is 4.39 Å². The molecule has 0 radical (unpaired) electrons. The average Bonchev–Trinajstić information content (AvgIpc) is 3.26. The summed E-state index contributed by atoms with van der Waals surface area (Å²) in [6, 6.07) is 14.5. The minimum Gasteiger partial charge on any atom is -0.356 e. The third-order valence-corrected chi connectivity index (χ3v) is 5.83. The van der Waals surface area contributed by atoms with E-state index in [-0.39, 0.29) is 17.6 Å². The summed E-state index contributed by atoms with van der Waals surface area (Å²) in [6.07, 6.45) is 3.50. The maximum Gasteiger partial charge on any atom is 0.241 e. The van der Waals surface area contributed by atoms with Crippen molar-refractivity contribution in [2.45, 2.75) is 39.2 Å². The second kappa shape index (κ2) is 10.5. The molecule has 1 amide bonds. The number of hydrogen-bond acceptors (Lipinski definition) is 5. The van der Waals surface area contributed by atoms with E-state index in [4.69, 9.17) is 4.52 Å². The molecule has 4 rings (SSSR count). The van der Waals surface area contributed by atoms with Crippen molar-refractivity contribution in [1.82, 2.24) is 20.4 Å². The molecule has 0 saturated carbocycles. The van der Waals surface area contributed by atoms with E-state index in [1.807, 2.05) is 31.2 Å². The molecule has 1 aliphatic heterocycles. The number of amides is 1. The summed E-state index contributed by atoms with van der Waals surface area (Å²) >= 11 is 0. The molecule has 1 aliphatic rings. The first-order valence-electron chi connectivity index (χ1n) is 11.2. The summed E-state index contributed by atoms with van der Waals surface area (Å²) in [6.45, 7) is 4.80. The zero-order valence-electron chi connectivity index (χ0n) is 18.4. The Morgan fingerprint density at radius 3 is 2.91 bits per heavy atom. The second-order valence-corrected chi connectivity index (χ2v) is 8.48. The average molecular weight is 437 g/mol. The summed E-state index contributed by atoms with van der Waals surface area (Å²) in [4.78, 5) is 19.4.